The van der Waals surface area contributed by atoms with E-state index >= 15 is 0 Å². The molecule has 0 unspecified atom stereocenters. The quantitative estimate of drug-likeness (QED) is 0.942. The molecule has 0 aliphatic carbocycles. The summed E-state index contributed by atoms with van der Waals surface area (Å²) in [4.78, 5) is 18.3. The van der Waals surface area contributed by atoms with E-state index in [2.05, 4.69) is 48.0 Å². The van der Waals surface area contributed by atoms with Gasteiger partial charge in [0, 0.05) is 24.5 Å². The first-order valence-electron chi connectivity index (χ1n) is 7.76. The lowest BCUT2D eigenvalue weighted by Gasteiger charge is -2.26. The van der Waals surface area contributed by atoms with Crippen LogP contribution in [0.1, 0.15) is 30.2 Å². The van der Waals surface area contributed by atoms with Crippen LogP contribution in [0.3, 0.4) is 0 Å². The maximum atomic E-state index is 11.8. The molecule has 5 heteroatoms. The number of ether oxygens (including phenoxy) is 1. The number of aromatic amines is 1. The highest BCUT2D eigenvalue weighted by Gasteiger charge is 2.16. The molecule has 0 radical (unpaired) electrons. The van der Waals surface area contributed by atoms with E-state index in [1.165, 1.54) is 16.9 Å². The van der Waals surface area contributed by atoms with Crippen LogP contribution in [0.4, 0.5) is 0 Å². The van der Waals surface area contributed by atoms with Gasteiger partial charge in [0.05, 0.1) is 18.9 Å². The molecule has 4 nitrogen and oxygen atoms in total. The van der Waals surface area contributed by atoms with Crippen molar-refractivity contribution >= 4 is 11.3 Å². The second kappa shape index (κ2) is 6.77. The Balaban J connectivity index is 1.85. The molecular formula is C17H22N2O2S. The van der Waals surface area contributed by atoms with E-state index in [0.29, 0.717) is 5.92 Å². The van der Waals surface area contributed by atoms with Crippen LogP contribution in [0.2, 0.25) is 0 Å². The maximum absolute atomic E-state index is 11.8. The number of aromatic nitrogens is 1. The lowest BCUT2D eigenvalue weighted by molar-refractivity contribution is 0.0347. The second-order valence-corrected chi connectivity index (χ2v) is 7.05. The molecule has 1 aromatic heterocycles. The third kappa shape index (κ3) is 3.48. The van der Waals surface area contributed by atoms with Crippen molar-refractivity contribution in [1.29, 1.82) is 0 Å². The monoisotopic (exact) mass is 318 g/mol. The number of thiazole rings is 1. The zero-order valence-corrected chi connectivity index (χ0v) is 13.9. The summed E-state index contributed by atoms with van der Waals surface area (Å²) in [5.41, 5.74) is 3.37. The van der Waals surface area contributed by atoms with E-state index < -0.39 is 0 Å². The molecule has 0 saturated carbocycles. The molecule has 3 rings (SSSR count). The Kier molecular flexibility index (Phi) is 4.76. The molecule has 0 spiro atoms. The molecule has 2 aromatic rings. The van der Waals surface area contributed by atoms with Crippen LogP contribution < -0.4 is 4.87 Å². The van der Waals surface area contributed by atoms with Crippen LogP contribution in [0, 0.1) is 0 Å². The molecular weight excluding hydrogens is 296 g/mol. The number of nitrogens with one attached hydrogen (secondary N) is 1. The van der Waals surface area contributed by atoms with Crippen LogP contribution in [0.5, 0.6) is 0 Å². The molecule has 1 N–H and O–H groups in total. The van der Waals surface area contributed by atoms with Gasteiger partial charge in [0.15, 0.2) is 0 Å². The minimum atomic E-state index is 0.0196. The number of rotatable bonds is 4. The summed E-state index contributed by atoms with van der Waals surface area (Å²) < 4.78 is 5.39. The summed E-state index contributed by atoms with van der Waals surface area (Å²) in [5, 5.41) is 0. The standard InChI is InChI=1S/C17H22N2O2S/c1-12(2)13-3-5-14(6-4-13)16-15(22-17(20)18-16)11-19-7-9-21-10-8-19/h3-6,12H,7-11H2,1-2H3,(H,18,20). The van der Waals surface area contributed by atoms with Gasteiger partial charge in [-0.15, -0.1) is 0 Å². The lowest BCUT2D eigenvalue weighted by atomic mass is 10.0. The first-order valence-corrected chi connectivity index (χ1v) is 8.57. The number of hydrogen-bond donors (Lipinski definition) is 1. The minimum absolute atomic E-state index is 0.0196. The predicted octanol–water partition coefficient (Wildman–Crippen LogP) is 3.06. The highest BCUT2D eigenvalue weighted by atomic mass is 32.1. The third-order valence-electron chi connectivity index (χ3n) is 4.06. The van der Waals surface area contributed by atoms with Gasteiger partial charge in [0.2, 0.25) is 0 Å². The topological polar surface area (TPSA) is 45.3 Å². The van der Waals surface area contributed by atoms with Gasteiger partial charge in [-0.1, -0.05) is 49.4 Å². The number of nitrogens with zero attached hydrogens (tertiary/aromatic N) is 1. The van der Waals surface area contributed by atoms with Crippen LogP contribution in [-0.4, -0.2) is 36.2 Å². The molecule has 0 amide bonds. The van der Waals surface area contributed by atoms with Gasteiger partial charge in [-0.3, -0.25) is 9.69 Å². The summed E-state index contributed by atoms with van der Waals surface area (Å²) in [5.74, 6) is 0.517. The average Bonchev–Trinajstić information content (AvgIpc) is 2.89. The van der Waals surface area contributed by atoms with E-state index in [-0.39, 0.29) is 4.87 Å². The predicted molar refractivity (Wildman–Crippen MR) is 90.6 cm³/mol. The Labute approximate surface area is 134 Å². The Morgan fingerprint density at radius 3 is 2.55 bits per heavy atom. The summed E-state index contributed by atoms with van der Waals surface area (Å²) in [6.07, 6.45) is 0. The second-order valence-electron chi connectivity index (χ2n) is 5.98. The molecule has 1 aliphatic rings. The van der Waals surface area contributed by atoms with Gasteiger partial charge in [0.25, 0.3) is 0 Å². The molecule has 0 bridgehead atoms. The van der Waals surface area contributed by atoms with E-state index in [1.54, 1.807) is 0 Å². The number of benzene rings is 1. The minimum Gasteiger partial charge on any atom is -0.379 e. The van der Waals surface area contributed by atoms with Gasteiger partial charge >= 0.3 is 4.87 Å². The summed E-state index contributed by atoms with van der Waals surface area (Å²) in [6.45, 7) is 8.59. The highest BCUT2D eigenvalue weighted by Crippen LogP contribution is 2.26. The zero-order chi connectivity index (χ0) is 15.5. The summed E-state index contributed by atoms with van der Waals surface area (Å²) in [6, 6.07) is 8.51. The summed E-state index contributed by atoms with van der Waals surface area (Å²) in [7, 11) is 0. The number of morpholine rings is 1. The Morgan fingerprint density at radius 2 is 1.91 bits per heavy atom. The van der Waals surface area contributed by atoms with Gasteiger partial charge in [-0.25, -0.2) is 0 Å². The molecule has 1 fully saturated rings. The van der Waals surface area contributed by atoms with Crippen LogP contribution in [-0.2, 0) is 11.3 Å². The van der Waals surface area contributed by atoms with Crippen molar-refractivity contribution in [3.63, 3.8) is 0 Å². The van der Waals surface area contributed by atoms with Gasteiger partial charge in [-0.2, -0.15) is 0 Å². The van der Waals surface area contributed by atoms with E-state index in [4.69, 9.17) is 4.74 Å². The van der Waals surface area contributed by atoms with Crippen molar-refractivity contribution in [3.05, 3.63) is 44.4 Å². The molecule has 22 heavy (non-hydrogen) atoms. The highest BCUT2D eigenvalue weighted by molar-refractivity contribution is 7.09. The molecule has 118 valence electrons. The average molecular weight is 318 g/mol. The van der Waals surface area contributed by atoms with Gasteiger partial charge in [-0.05, 0) is 17.0 Å². The first kappa shape index (κ1) is 15.5. The largest absolute Gasteiger partial charge is 0.379 e. The maximum Gasteiger partial charge on any atom is 0.305 e. The fraction of sp³-hybridized carbons (Fsp3) is 0.471. The summed E-state index contributed by atoms with van der Waals surface area (Å²) >= 11 is 1.32. The Hall–Kier alpha value is -1.43. The number of H-pyrrole nitrogens is 1. The van der Waals surface area contributed by atoms with Crippen molar-refractivity contribution in [2.24, 2.45) is 0 Å². The van der Waals surface area contributed by atoms with Gasteiger partial charge in [0.1, 0.15) is 0 Å². The van der Waals surface area contributed by atoms with Crippen molar-refractivity contribution in [2.75, 3.05) is 26.3 Å². The van der Waals surface area contributed by atoms with Crippen molar-refractivity contribution in [2.45, 2.75) is 26.3 Å². The fourth-order valence-corrected chi connectivity index (χ4v) is 3.60. The van der Waals surface area contributed by atoms with E-state index in [9.17, 15) is 4.79 Å². The van der Waals surface area contributed by atoms with Gasteiger partial charge < -0.3 is 9.72 Å². The van der Waals surface area contributed by atoms with Crippen molar-refractivity contribution in [1.82, 2.24) is 9.88 Å². The Bertz CT molecular complexity index is 667. The van der Waals surface area contributed by atoms with E-state index in [0.717, 1.165) is 49.0 Å². The van der Waals surface area contributed by atoms with Crippen molar-refractivity contribution in [3.8, 4) is 11.3 Å². The molecule has 0 atom stereocenters. The first-order chi connectivity index (χ1) is 10.6. The zero-order valence-electron chi connectivity index (χ0n) is 13.1. The Morgan fingerprint density at radius 1 is 1.23 bits per heavy atom. The molecule has 1 aromatic carbocycles. The molecule has 1 aliphatic heterocycles. The fourth-order valence-electron chi connectivity index (χ4n) is 2.70. The normalized spacial score (nSPS) is 16.3. The van der Waals surface area contributed by atoms with Crippen LogP contribution in [0.15, 0.2) is 29.1 Å². The van der Waals surface area contributed by atoms with E-state index in [1.807, 2.05) is 0 Å². The lowest BCUT2D eigenvalue weighted by Crippen LogP contribution is -2.35. The smallest absolute Gasteiger partial charge is 0.305 e. The van der Waals surface area contributed by atoms with Crippen LogP contribution in [0.25, 0.3) is 11.3 Å². The SMILES string of the molecule is CC(C)c1ccc(-c2[nH]c(=O)sc2CN2CCOCC2)cc1. The number of hydrogen-bond acceptors (Lipinski definition) is 4. The molecule has 2 heterocycles. The van der Waals surface area contributed by atoms with Crippen molar-refractivity contribution < 1.29 is 4.74 Å². The molecule has 1 saturated heterocycles. The van der Waals surface area contributed by atoms with Crippen LogP contribution >= 0.6 is 11.3 Å². The third-order valence-corrected chi connectivity index (χ3v) is 4.93.